The fourth-order valence-corrected chi connectivity index (χ4v) is 1.93. The molecule has 1 aromatic carbocycles. The Bertz CT molecular complexity index is 711. The second-order valence-corrected chi connectivity index (χ2v) is 4.37. The highest BCUT2D eigenvalue weighted by Crippen LogP contribution is 2.27. The Morgan fingerprint density at radius 3 is 2.47 bits per heavy atom. The molecule has 0 amide bonds. The van der Waals surface area contributed by atoms with Gasteiger partial charge in [0.25, 0.3) is 5.89 Å². The average molecular weight is 255 g/mol. The molecule has 2 aromatic heterocycles. The molecule has 96 valence electrons. The predicted octanol–water partition coefficient (Wildman–Crippen LogP) is 3.20. The molecule has 0 aliphatic rings. The van der Waals surface area contributed by atoms with E-state index in [1.54, 1.807) is 12.1 Å². The molecule has 0 bridgehead atoms. The third-order valence-electron chi connectivity index (χ3n) is 2.87. The molecule has 0 aliphatic carbocycles. The van der Waals surface area contributed by atoms with Gasteiger partial charge in [-0.2, -0.15) is 4.98 Å². The first-order valence-corrected chi connectivity index (χ1v) is 5.90. The molecule has 0 fully saturated rings. The van der Waals surface area contributed by atoms with Crippen molar-refractivity contribution in [2.45, 2.75) is 13.8 Å². The minimum Gasteiger partial charge on any atom is -0.466 e. The molecule has 5 nitrogen and oxygen atoms in total. The fraction of sp³-hybridized carbons (Fsp3) is 0.143. The lowest BCUT2D eigenvalue weighted by atomic mass is 10.2. The SMILES string of the molecule is Cc1cc(-c2nc(-c3ccc(N)cc3)no2)c(C)o1. The van der Waals surface area contributed by atoms with Crippen LogP contribution in [0.25, 0.3) is 22.8 Å². The Balaban J connectivity index is 1.99. The van der Waals surface area contributed by atoms with Crippen molar-refractivity contribution in [1.29, 1.82) is 0 Å². The molecule has 3 rings (SSSR count). The lowest BCUT2D eigenvalue weighted by Gasteiger charge is -1.94. The summed E-state index contributed by atoms with van der Waals surface area (Å²) >= 11 is 0. The molecule has 0 unspecified atom stereocenters. The van der Waals surface area contributed by atoms with Gasteiger partial charge in [-0.1, -0.05) is 5.16 Å². The topological polar surface area (TPSA) is 78.1 Å². The molecule has 19 heavy (non-hydrogen) atoms. The van der Waals surface area contributed by atoms with Crippen LogP contribution in [0, 0.1) is 13.8 Å². The Morgan fingerprint density at radius 2 is 1.84 bits per heavy atom. The molecular weight excluding hydrogens is 242 g/mol. The third-order valence-corrected chi connectivity index (χ3v) is 2.87. The van der Waals surface area contributed by atoms with Crippen LogP contribution in [-0.2, 0) is 0 Å². The molecule has 0 spiro atoms. The highest BCUT2D eigenvalue weighted by atomic mass is 16.5. The van der Waals surface area contributed by atoms with Gasteiger partial charge < -0.3 is 14.7 Å². The Kier molecular flexibility index (Phi) is 2.59. The van der Waals surface area contributed by atoms with Crippen molar-refractivity contribution in [2.75, 3.05) is 5.73 Å². The number of furan rings is 1. The summed E-state index contributed by atoms with van der Waals surface area (Å²) in [4.78, 5) is 4.38. The summed E-state index contributed by atoms with van der Waals surface area (Å²) in [7, 11) is 0. The number of anilines is 1. The smallest absolute Gasteiger partial charge is 0.261 e. The van der Waals surface area contributed by atoms with Gasteiger partial charge in [-0.15, -0.1) is 0 Å². The van der Waals surface area contributed by atoms with Crippen molar-refractivity contribution in [1.82, 2.24) is 10.1 Å². The lowest BCUT2D eigenvalue weighted by Crippen LogP contribution is -1.85. The van der Waals surface area contributed by atoms with E-state index in [4.69, 9.17) is 14.7 Å². The minimum absolute atomic E-state index is 0.459. The number of hydrogen-bond acceptors (Lipinski definition) is 5. The molecule has 3 aromatic rings. The first-order chi connectivity index (χ1) is 9.13. The number of nitrogen functional groups attached to an aromatic ring is 1. The summed E-state index contributed by atoms with van der Waals surface area (Å²) in [6, 6.07) is 9.21. The maximum absolute atomic E-state index is 5.65. The molecule has 0 radical (unpaired) electrons. The van der Waals surface area contributed by atoms with Crippen LogP contribution in [-0.4, -0.2) is 10.1 Å². The summed E-state index contributed by atoms with van der Waals surface area (Å²) in [5.41, 5.74) is 8.04. The monoisotopic (exact) mass is 255 g/mol. The number of rotatable bonds is 2. The van der Waals surface area contributed by atoms with E-state index in [1.807, 2.05) is 32.0 Å². The van der Waals surface area contributed by atoms with Crippen molar-refractivity contribution in [3.63, 3.8) is 0 Å². The van der Waals surface area contributed by atoms with Gasteiger partial charge >= 0.3 is 0 Å². The zero-order chi connectivity index (χ0) is 13.4. The van der Waals surface area contributed by atoms with Crippen LogP contribution in [0.5, 0.6) is 0 Å². The first kappa shape index (κ1) is 11.5. The highest BCUT2D eigenvalue weighted by molar-refractivity contribution is 5.62. The van der Waals surface area contributed by atoms with E-state index >= 15 is 0 Å². The Morgan fingerprint density at radius 1 is 1.11 bits per heavy atom. The second-order valence-electron chi connectivity index (χ2n) is 4.37. The standard InChI is InChI=1S/C14H13N3O2/c1-8-7-12(9(2)18-8)14-16-13(17-19-14)10-3-5-11(15)6-4-10/h3-7H,15H2,1-2H3. The van der Waals surface area contributed by atoms with Gasteiger partial charge in [0.1, 0.15) is 11.5 Å². The van der Waals surface area contributed by atoms with Crippen molar-refractivity contribution in [3.05, 3.63) is 41.9 Å². The third kappa shape index (κ3) is 2.10. The number of benzene rings is 1. The van der Waals surface area contributed by atoms with E-state index < -0.39 is 0 Å². The zero-order valence-corrected chi connectivity index (χ0v) is 10.7. The molecule has 2 heterocycles. The van der Waals surface area contributed by atoms with E-state index in [0.29, 0.717) is 17.4 Å². The molecule has 2 N–H and O–H groups in total. The van der Waals surface area contributed by atoms with E-state index in [-0.39, 0.29) is 0 Å². The fourth-order valence-electron chi connectivity index (χ4n) is 1.93. The van der Waals surface area contributed by atoms with Gasteiger partial charge in [0.2, 0.25) is 5.82 Å². The van der Waals surface area contributed by atoms with Crippen LogP contribution < -0.4 is 5.73 Å². The van der Waals surface area contributed by atoms with Gasteiger partial charge in [0, 0.05) is 11.3 Å². The van der Waals surface area contributed by atoms with E-state index in [2.05, 4.69) is 10.1 Å². The number of nitrogens with two attached hydrogens (primary N) is 1. The van der Waals surface area contributed by atoms with Crippen LogP contribution in [0.4, 0.5) is 5.69 Å². The van der Waals surface area contributed by atoms with E-state index in [0.717, 1.165) is 22.6 Å². The Hall–Kier alpha value is -2.56. The Labute approximate surface area is 110 Å². The second kappa shape index (κ2) is 4.28. The number of aromatic nitrogens is 2. The minimum atomic E-state index is 0.459. The van der Waals surface area contributed by atoms with Crippen molar-refractivity contribution >= 4 is 5.69 Å². The largest absolute Gasteiger partial charge is 0.466 e. The van der Waals surface area contributed by atoms with Gasteiger partial charge in [0.05, 0.1) is 5.56 Å². The van der Waals surface area contributed by atoms with Crippen LogP contribution in [0.15, 0.2) is 39.3 Å². The first-order valence-electron chi connectivity index (χ1n) is 5.90. The van der Waals surface area contributed by atoms with Crippen molar-refractivity contribution in [2.24, 2.45) is 0 Å². The van der Waals surface area contributed by atoms with Crippen LogP contribution in [0.1, 0.15) is 11.5 Å². The molecule has 5 heteroatoms. The normalized spacial score (nSPS) is 10.8. The van der Waals surface area contributed by atoms with Crippen LogP contribution >= 0.6 is 0 Å². The molecular formula is C14H13N3O2. The summed E-state index contributed by atoms with van der Waals surface area (Å²) < 4.78 is 10.7. The maximum Gasteiger partial charge on any atom is 0.261 e. The highest BCUT2D eigenvalue weighted by Gasteiger charge is 2.15. The van der Waals surface area contributed by atoms with Gasteiger partial charge in [-0.25, -0.2) is 0 Å². The van der Waals surface area contributed by atoms with Gasteiger partial charge in [0.15, 0.2) is 0 Å². The number of nitrogens with zero attached hydrogens (tertiary/aromatic N) is 2. The number of aryl methyl sites for hydroxylation is 2. The van der Waals surface area contributed by atoms with E-state index in [9.17, 15) is 0 Å². The maximum atomic E-state index is 5.65. The number of hydrogen-bond donors (Lipinski definition) is 1. The van der Waals surface area contributed by atoms with Crippen molar-refractivity contribution < 1.29 is 8.94 Å². The molecule has 0 saturated heterocycles. The van der Waals surface area contributed by atoms with Gasteiger partial charge in [-0.05, 0) is 44.2 Å². The predicted molar refractivity (Wildman–Crippen MR) is 71.3 cm³/mol. The van der Waals surface area contributed by atoms with Gasteiger partial charge in [-0.3, -0.25) is 0 Å². The summed E-state index contributed by atoms with van der Waals surface area (Å²) in [6.07, 6.45) is 0. The van der Waals surface area contributed by atoms with E-state index in [1.165, 1.54) is 0 Å². The quantitative estimate of drug-likeness (QED) is 0.711. The van der Waals surface area contributed by atoms with Crippen molar-refractivity contribution in [3.8, 4) is 22.8 Å². The summed E-state index contributed by atoms with van der Waals surface area (Å²) in [6.45, 7) is 3.75. The molecule has 0 aliphatic heterocycles. The van der Waals surface area contributed by atoms with Crippen LogP contribution in [0.3, 0.4) is 0 Å². The molecule has 0 saturated carbocycles. The van der Waals surface area contributed by atoms with Crippen LogP contribution in [0.2, 0.25) is 0 Å². The molecule has 0 atom stereocenters. The summed E-state index contributed by atoms with van der Waals surface area (Å²) in [5.74, 6) is 2.58. The summed E-state index contributed by atoms with van der Waals surface area (Å²) in [5, 5.41) is 3.97. The zero-order valence-electron chi connectivity index (χ0n) is 10.7. The lowest BCUT2D eigenvalue weighted by molar-refractivity contribution is 0.430. The average Bonchev–Trinajstić information content (AvgIpc) is 2.97.